The van der Waals surface area contributed by atoms with Crippen LogP contribution in [0.5, 0.6) is 0 Å². The van der Waals surface area contributed by atoms with Gasteiger partial charge in [-0.2, -0.15) is 0 Å². The molecule has 0 bridgehead atoms. The predicted octanol–water partition coefficient (Wildman–Crippen LogP) is 2.87. The van der Waals surface area contributed by atoms with Crippen molar-refractivity contribution in [1.82, 2.24) is 5.32 Å². The van der Waals surface area contributed by atoms with E-state index in [-0.39, 0.29) is 5.60 Å². The molecule has 22 heavy (non-hydrogen) atoms. The number of amides is 1. The number of carbonyl (C=O) groups excluding carboxylic acids is 1. The van der Waals surface area contributed by atoms with Crippen LogP contribution in [0, 0.1) is 6.92 Å². The molecule has 1 aliphatic rings. The fourth-order valence-electron chi connectivity index (χ4n) is 2.44. The second-order valence-corrected chi connectivity index (χ2v) is 6.94. The van der Waals surface area contributed by atoms with Crippen LogP contribution in [0.3, 0.4) is 0 Å². The van der Waals surface area contributed by atoms with Crippen molar-refractivity contribution in [3.8, 4) is 0 Å². The van der Waals surface area contributed by atoms with Gasteiger partial charge in [0.05, 0.1) is 5.60 Å². The van der Waals surface area contributed by atoms with Crippen LogP contribution in [0.1, 0.15) is 31.9 Å². The predicted molar refractivity (Wildman–Crippen MR) is 87.3 cm³/mol. The Morgan fingerprint density at radius 3 is 2.55 bits per heavy atom. The third-order valence-electron chi connectivity index (χ3n) is 3.79. The average molecular weight is 306 g/mol. The smallest absolute Gasteiger partial charge is 0.412 e. The first kappa shape index (κ1) is 16.8. The lowest BCUT2D eigenvalue weighted by Crippen LogP contribution is -2.61. The monoisotopic (exact) mass is 306 g/mol. The number of anilines is 1. The van der Waals surface area contributed by atoms with Gasteiger partial charge in [0.15, 0.2) is 0 Å². The summed E-state index contributed by atoms with van der Waals surface area (Å²) in [6, 6.07) is 6.09. The van der Waals surface area contributed by atoms with Crippen LogP contribution in [0.2, 0.25) is 0 Å². The molecular weight excluding hydrogens is 280 g/mol. The third-order valence-corrected chi connectivity index (χ3v) is 3.79. The van der Waals surface area contributed by atoms with E-state index >= 15 is 0 Å². The van der Waals surface area contributed by atoms with Crippen molar-refractivity contribution in [2.75, 3.05) is 25.5 Å². The fraction of sp³-hybridized carbons (Fsp3) is 0.588. The molecule has 1 aromatic carbocycles. The molecule has 2 rings (SSSR count). The van der Waals surface area contributed by atoms with Gasteiger partial charge in [-0.15, -0.1) is 0 Å². The largest absolute Gasteiger partial charge is 0.444 e. The number of methoxy groups -OCH3 is 1. The van der Waals surface area contributed by atoms with Crippen molar-refractivity contribution in [2.24, 2.45) is 0 Å². The maximum absolute atomic E-state index is 11.9. The molecule has 0 spiro atoms. The fourth-order valence-corrected chi connectivity index (χ4v) is 2.44. The number of nitrogens with one attached hydrogen (secondary N) is 2. The molecule has 0 unspecified atom stereocenters. The second kappa shape index (κ2) is 6.26. The number of hydrogen-bond acceptors (Lipinski definition) is 4. The van der Waals surface area contributed by atoms with E-state index in [2.05, 4.69) is 16.7 Å². The maximum atomic E-state index is 11.9. The first-order valence-electron chi connectivity index (χ1n) is 7.58. The van der Waals surface area contributed by atoms with Crippen molar-refractivity contribution >= 4 is 11.8 Å². The highest BCUT2D eigenvalue weighted by molar-refractivity contribution is 5.86. The lowest BCUT2D eigenvalue weighted by atomic mass is 9.88. The van der Waals surface area contributed by atoms with Crippen LogP contribution >= 0.6 is 0 Å². The molecule has 1 heterocycles. The number of benzene rings is 1. The molecule has 1 fully saturated rings. The van der Waals surface area contributed by atoms with Crippen molar-refractivity contribution in [3.63, 3.8) is 0 Å². The zero-order valence-electron chi connectivity index (χ0n) is 14.1. The van der Waals surface area contributed by atoms with Gasteiger partial charge < -0.3 is 14.8 Å². The quantitative estimate of drug-likeness (QED) is 0.898. The Morgan fingerprint density at radius 2 is 2.05 bits per heavy atom. The van der Waals surface area contributed by atoms with Gasteiger partial charge in [-0.05, 0) is 44.9 Å². The molecule has 0 aliphatic carbocycles. The van der Waals surface area contributed by atoms with Crippen molar-refractivity contribution in [1.29, 1.82) is 0 Å². The van der Waals surface area contributed by atoms with Gasteiger partial charge >= 0.3 is 6.09 Å². The summed E-state index contributed by atoms with van der Waals surface area (Å²) in [6.45, 7) is 9.22. The van der Waals surface area contributed by atoms with Gasteiger partial charge in [0.25, 0.3) is 0 Å². The SMILES string of the molecule is COC1(Cc2ccc(C)c(NC(=O)OC(C)(C)C)c2)CNC1. The first-order valence-corrected chi connectivity index (χ1v) is 7.58. The standard InChI is InChI=1S/C17H26N2O3/c1-12-6-7-13(9-17(21-5)10-18-11-17)8-14(12)19-15(20)22-16(2,3)4/h6-8,18H,9-11H2,1-5H3,(H,19,20). The van der Waals surface area contributed by atoms with E-state index in [1.807, 2.05) is 39.8 Å². The molecule has 0 radical (unpaired) electrons. The second-order valence-electron chi connectivity index (χ2n) is 6.94. The summed E-state index contributed by atoms with van der Waals surface area (Å²) in [5.74, 6) is 0. The summed E-state index contributed by atoms with van der Waals surface area (Å²) in [5.41, 5.74) is 2.30. The minimum atomic E-state index is -0.507. The Kier molecular flexibility index (Phi) is 4.78. The molecule has 1 amide bonds. The minimum Gasteiger partial charge on any atom is -0.444 e. The number of ether oxygens (including phenoxy) is 2. The van der Waals surface area contributed by atoms with E-state index in [0.717, 1.165) is 36.3 Å². The van der Waals surface area contributed by atoms with Gasteiger partial charge in [-0.25, -0.2) is 4.79 Å². The molecule has 0 aromatic heterocycles. The van der Waals surface area contributed by atoms with Gasteiger partial charge in [0.1, 0.15) is 5.60 Å². The third kappa shape index (κ3) is 4.21. The number of carbonyl (C=O) groups is 1. The van der Waals surface area contributed by atoms with Crippen LogP contribution in [-0.4, -0.2) is 37.5 Å². The zero-order chi connectivity index (χ0) is 16.4. The van der Waals surface area contributed by atoms with Gasteiger partial charge in [0.2, 0.25) is 0 Å². The summed E-state index contributed by atoms with van der Waals surface area (Å²) in [7, 11) is 1.74. The van der Waals surface area contributed by atoms with E-state index in [9.17, 15) is 4.79 Å². The molecule has 5 heteroatoms. The molecular formula is C17H26N2O3. The highest BCUT2D eigenvalue weighted by atomic mass is 16.6. The number of hydrogen-bond donors (Lipinski definition) is 2. The van der Waals surface area contributed by atoms with E-state index in [1.54, 1.807) is 7.11 Å². The molecule has 5 nitrogen and oxygen atoms in total. The Morgan fingerprint density at radius 1 is 1.36 bits per heavy atom. The first-order chi connectivity index (χ1) is 10.2. The molecule has 122 valence electrons. The molecule has 2 N–H and O–H groups in total. The lowest BCUT2D eigenvalue weighted by Gasteiger charge is -2.41. The Bertz CT molecular complexity index is 540. The zero-order valence-corrected chi connectivity index (χ0v) is 14.1. The van der Waals surface area contributed by atoms with Gasteiger partial charge in [0, 0.05) is 32.3 Å². The Hall–Kier alpha value is -1.59. The van der Waals surface area contributed by atoms with E-state index < -0.39 is 11.7 Å². The summed E-state index contributed by atoms with van der Waals surface area (Å²) in [5, 5.41) is 6.07. The topological polar surface area (TPSA) is 59.6 Å². The van der Waals surface area contributed by atoms with E-state index in [1.165, 1.54) is 0 Å². The highest BCUT2D eigenvalue weighted by Gasteiger charge is 2.37. The Labute approximate surface area is 132 Å². The molecule has 1 aliphatic heterocycles. The van der Waals surface area contributed by atoms with Crippen LogP contribution in [0.4, 0.5) is 10.5 Å². The molecule has 1 saturated heterocycles. The van der Waals surface area contributed by atoms with Crippen LogP contribution in [0.15, 0.2) is 18.2 Å². The number of aryl methyl sites for hydroxylation is 1. The summed E-state index contributed by atoms with van der Waals surface area (Å²) in [6.07, 6.45) is 0.388. The van der Waals surface area contributed by atoms with Crippen LogP contribution in [0.25, 0.3) is 0 Å². The summed E-state index contributed by atoms with van der Waals surface area (Å²) >= 11 is 0. The normalized spacial score (nSPS) is 16.8. The molecule has 0 saturated carbocycles. The van der Waals surface area contributed by atoms with Crippen LogP contribution in [-0.2, 0) is 15.9 Å². The number of rotatable bonds is 4. The maximum Gasteiger partial charge on any atom is 0.412 e. The van der Waals surface area contributed by atoms with Crippen LogP contribution < -0.4 is 10.6 Å². The lowest BCUT2D eigenvalue weighted by molar-refractivity contribution is -0.0502. The molecule has 0 atom stereocenters. The average Bonchev–Trinajstić information content (AvgIpc) is 2.35. The van der Waals surface area contributed by atoms with Crippen molar-refractivity contribution < 1.29 is 14.3 Å². The van der Waals surface area contributed by atoms with E-state index in [0.29, 0.717) is 0 Å². The van der Waals surface area contributed by atoms with Crippen molar-refractivity contribution in [2.45, 2.75) is 45.3 Å². The highest BCUT2D eigenvalue weighted by Crippen LogP contribution is 2.25. The van der Waals surface area contributed by atoms with Crippen molar-refractivity contribution in [3.05, 3.63) is 29.3 Å². The van der Waals surface area contributed by atoms with E-state index in [4.69, 9.17) is 9.47 Å². The van der Waals surface area contributed by atoms with Gasteiger partial charge in [-0.1, -0.05) is 12.1 Å². The van der Waals surface area contributed by atoms with Gasteiger partial charge in [-0.3, -0.25) is 5.32 Å². The summed E-state index contributed by atoms with van der Waals surface area (Å²) < 4.78 is 10.9. The minimum absolute atomic E-state index is 0.127. The summed E-state index contributed by atoms with van der Waals surface area (Å²) in [4.78, 5) is 11.9. The molecule has 1 aromatic rings. The Balaban J connectivity index is 2.08.